The Morgan fingerprint density at radius 3 is 2.11 bits per heavy atom. The third-order valence-corrected chi connectivity index (χ3v) is 2.15. The van der Waals surface area contributed by atoms with Gasteiger partial charge in [-0.15, -0.1) is 0 Å². The summed E-state index contributed by atoms with van der Waals surface area (Å²) in [6.07, 6.45) is 4.26. The summed E-state index contributed by atoms with van der Waals surface area (Å²) < 4.78 is 12.9. The van der Waals surface area contributed by atoms with E-state index in [-0.39, 0.29) is 5.92 Å². The monoisotopic (exact) mass is 131 g/mol. The molecule has 1 unspecified atom stereocenters. The van der Waals surface area contributed by atoms with Crippen LogP contribution in [0.1, 0.15) is 32.6 Å². The Morgan fingerprint density at radius 1 is 1.44 bits per heavy atom. The van der Waals surface area contributed by atoms with Crippen molar-refractivity contribution in [3.8, 4) is 0 Å². The van der Waals surface area contributed by atoms with E-state index < -0.39 is 5.79 Å². The third kappa shape index (κ3) is 1.65. The molecule has 9 heavy (non-hydrogen) atoms. The topological polar surface area (TPSA) is 26.0 Å². The van der Waals surface area contributed by atoms with Crippen LogP contribution in [0.2, 0.25) is 0 Å². The molecule has 1 aliphatic rings. The van der Waals surface area contributed by atoms with Crippen LogP contribution >= 0.6 is 0 Å². The molecule has 1 atom stereocenters. The minimum absolute atomic E-state index is 0.123. The minimum atomic E-state index is -1.42. The first-order valence-electron chi connectivity index (χ1n) is 3.58. The molecule has 1 rings (SSSR count). The van der Waals surface area contributed by atoms with Crippen molar-refractivity contribution in [1.82, 2.24) is 0 Å². The molecule has 1 fully saturated rings. The van der Waals surface area contributed by atoms with Crippen LogP contribution < -0.4 is 5.73 Å². The fourth-order valence-corrected chi connectivity index (χ4v) is 1.49. The lowest BCUT2D eigenvalue weighted by molar-refractivity contribution is 0.113. The number of halogens is 1. The first-order chi connectivity index (χ1) is 4.11. The summed E-state index contributed by atoms with van der Waals surface area (Å²) in [6, 6.07) is 0. The average Bonchev–Trinajstić information content (AvgIpc) is 2.08. The average molecular weight is 131 g/mol. The minimum Gasteiger partial charge on any atom is -0.299 e. The third-order valence-electron chi connectivity index (χ3n) is 2.15. The normalized spacial score (nSPS) is 28.3. The molecule has 0 amide bonds. The zero-order chi connectivity index (χ0) is 6.91. The van der Waals surface area contributed by atoms with E-state index in [0.717, 1.165) is 25.7 Å². The van der Waals surface area contributed by atoms with Crippen LogP contribution in [-0.4, -0.2) is 5.79 Å². The predicted molar refractivity (Wildman–Crippen MR) is 35.7 cm³/mol. The molecule has 0 radical (unpaired) electrons. The first kappa shape index (κ1) is 7.00. The summed E-state index contributed by atoms with van der Waals surface area (Å²) in [5.41, 5.74) is 5.27. The van der Waals surface area contributed by atoms with Gasteiger partial charge in [0, 0.05) is 5.92 Å². The molecule has 0 heterocycles. The van der Waals surface area contributed by atoms with E-state index >= 15 is 0 Å². The van der Waals surface area contributed by atoms with Crippen molar-refractivity contribution < 1.29 is 4.39 Å². The predicted octanol–water partition coefficient (Wildman–Crippen LogP) is 1.82. The summed E-state index contributed by atoms with van der Waals surface area (Å²) in [5, 5.41) is 0. The van der Waals surface area contributed by atoms with E-state index in [1.165, 1.54) is 6.92 Å². The van der Waals surface area contributed by atoms with Crippen molar-refractivity contribution in [2.75, 3.05) is 0 Å². The smallest absolute Gasteiger partial charge is 0.159 e. The van der Waals surface area contributed by atoms with Gasteiger partial charge >= 0.3 is 0 Å². The van der Waals surface area contributed by atoms with Crippen LogP contribution in [0, 0.1) is 5.92 Å². The molecular weight excluding hydrogens is 117 g/mol. The van der Waals surface area contributed by atoms with Gasteiger partial charge in [-0.1, -0.05) is 12.8 Å². The van der Waals surface area contributed by atoms with Gasteiger partial charge < -0.3 is 0 Å². The summed E-state index contributed by atoms with van der Waals surface area (Å²) in [5.74, 6) is -1.30. The Hall–Kier alpha value is -0.110. The van der Waals surface area contributed by atoms with Crippen LogP contribution in [0.4, 0.5) is 4.39 Å². The Labute approximate surface area is 55.4 Å². The van der Waals surface area contributed by atoms with Gasteiger partial charge in [0.25, 0.3) is 0 Å². The molecule has 1 saturated carbocycles. The summed E-state index contributed by atoms with van der Waals surface area (Å²) >= 11 is 0. The van der Waals surface area contributed by atoms with Crippen LogP contribution in [0.25, 0.3) is 0 Å². The first-order valence-corrected chi connectivity index (χ1v) is 3.58. The molecule has 54 valence electrons. The fraction of sp³-hybridized carbons (Fsp3) is 1.00. The lowest BCUT2D eigenvalue weighted by atomic mass is 9.98. The van der Waals surface area contributed by atoms with Crippen molar-refractivity contribution in [2.24, 2.45) is 11.7 Å². The molecular formula is C7H14FN. The fourth-order valence-electron chi connectivity index (χ4n) is 1.49. The summed E-state index contributed by atoms with van der Waals surface area (Å²) in [6.45, 7) is 1.48. The standard InChI is InChI=1S/C7H14FN/c1-7(8,9)6-4-2-3-5-6/h6H,2-5,9H2,1H3. The maximum atomic E-state index is 12.9. The Kier molecular flexibility index (Phi) is 1.75. The lowest BCUT2D eigenvalue weighted by Crippen LogP contribution is -2.37. The number of hydrogen-bond donors (Lipinski definition) is 1. The Morgan fingerprint density at radius 2 is 1.89 bits per heavy atom. The highest BCUT2D eigenvalue weighted by molar-refractivity contribution is 4.80. The Bertz CT molecular complexity index is 89.6. The van der Waals surface area contributed by atoms with Gasteiger partial charge in [0.15, 0.2) is 5.79 Å². The van der Waals surface area contributed by atoms with E-state index in [4.69, 9.17) is 5.73 Å². The van der Waals surface area contributed by atoms with Gasteiger partial charge in [-0.05, 0) is 19.8 Å². The zero-order valence-electron chi connectivity index (χ0n) is 5.86. The van der Waals surface area contributed by atoms with Crippen molar-refractivity contribution in [2.45, 2.75) is 38.4 Å². The second-order valence-electron chi connectivity index (χ2n) is 3.13. The van der Waals surface area contributed by atoms with Gasteiger partial charge in [-0.3, -0.25) is 5.73 Å². The molecule has 2 heteroatoms. The largest absolute Gasteiger partial charge is 0.299 e. The highest BCUT2D eigenvalue weighted by atomic mass is 19.1. The SMILES string of the molecule is CC(N)(F)C1CCCC1. The van der Waals surface area contributed by atoms with Gasteiger partial charge in [0.1, 0.15) is 0 Å². The maximum Gasteiger partial charge on any atom is 0.159 e. The quantitative estimate of drug-likeness (QED) is 0.540. The van der Waals surface area contributed by atoms with Crippen LogP contribution in [0.15, 0.2) is 0 Å². The van der Waals surface area contributed by atoms with Crippen LogP contribution in [-0.2, 0) is 0 Å². The van der Waals surface area contributed by atoms with Crippen molar-refractivity contribution in [3.63, 3.8) is 0 Å². The molecule has 0 spiro atoms. The van der Waals surface area contributed by atoms with E-state index in [1.807, 2.05) is 0 Å². The molecule has 0 aromatic heterocycles. The van der Waals surface area contributed by atoms with E-state index in [9.17, 15) is 4.39 Å². The zero-order valence-corrected chi connectivity index (χ0v) is 5.86. The number of nitrogens with two attached hydrogens (primary N) is 1. The van der Waals surface area contributed by atoms with E-state index in [0.29, 0.717) is 0 Å². The molecule has 2 N–H and O–H groups in total. The van der Waals surface area contributed by atoms with Gasteiger partial charge in [0.2, 0.25) is 0 Å². The van der Waals surface area contributed by atoms with Gasteiger partial charge in [0.05, 0.1) is 0 Å². The molecule has 1 nitrogen and oxygen atoms in total. The molecule has 0 aromatic rings. The molecule has 0 bridgehead atoms. The number of hydrogen-bond acceptors (Lipinski definition) is 1. The van der Waals surface area contributed by atoms with E-state index in [1.54, 1.807) is 0 Å². The van der Waals surface area contributed by atoms with Crippen molar-refractivity contribution in [3.05, 3.63) is 0 Å². The summed E-state index contributed by atoms with van der Waals surface area (Å²) in [7, 11) is 0. The lowest BCUT2D eigenvalue weighted by Gasteiger charge is -2.21. The van der Waals surface area contributed by atoms with Crippen molar-refractivity contribution in [1.29, 1.82) is 0 Å². The summed E-state index contributed by atoms with van der Waals surface area (Å²) in [4.78, 5) is 0. The number of rotatable bonds is 1. The highest BCUT2D eigenvalue weighted by Crippen LogP contribution is 2.32. The van der Waals surface area contributed by atoms with E-state index in [2.05, 4.69) is 0 Å². The van der Waals surface area contributed by atoms with Gasteiger partial charge in [-0.25, -0.2) is 4.39 Å². The van der Waals surface area contributed by atoms with Crippen LogP contribution in [0.3, 0.4) is 0 Å². The Balaban J connectivity index is 2.42. The van der Waals surface area contributed by atoms with Crippen molar-refractivity contribution >= 4 is 0 Å². The number of alkyl halides is 1. The molecule has 0 aromatic carbocycles. The van der Waals surface area contributed by atoms with Gasteiger partial charge in [-0.2, -0.15) is 0 Å². The second-order valence-corrected chi connectivity index (χ2v) is 3.13. The van der Waals surface area contributed by atoms with Crippen LogP contribution in [0.5, 0.6) is 0 Å². The molecule has 1 aliphatic carbocycles. The maximum absolute atomic E-state index is 12.9. The second kappa shape index (κ2) is 2.25. The highest BCUT2D eigenvalue weighted by Gasteiger charge is 2.31. The molecule has 0 saturated heterocycles. The molecule has 0 aliphatic heterocycles.